The van der Waals surface area contributed by atoms with E-state index < -0.39 is 0 Å². The van der Waals surface area contributed by atoms with Gasteiger partial charge >= 0.3 is 0 Å². The van der Waals surface area contributed by atoms with Gasteiger partial charge in [-0.1, -0.05) is 11.3 Å². The molecule has 0 aromatic carbocycles. The molecule has 20 heavy (non-hydrogen) atoms. The fourth-order valence-corrected chi connectivity index (χ4v) is 2.53. The third-order valence-electron chi connectivity index (χ3n) is 2.66. The van der Waals surface area contributed by atoms with Crippen LogP contribution in [0.15, 0.2) is 18.3 Å². The van der Waals surface area contributed by atoms with E-state index in [1.165, 1.54) is 0 Å². The maximum atomic E-state index is 5.24. The summed E-state index contributed by atoms with van der Waals surface area (Å²) >= 11 is 1.57. The van der Waals surface area contributed by atoms with Gasteiger partial charge < -0.3 is 14.8 Å². The van der Waals surface area contributed by atoms with Crippen molar-refractivity contribution in [3.63, 3.8) is 0 Å². The molecule has 0 fully saturated rings. The van der Waals surface area contributed by atoms with Gasteiger partial charge in [-0.2, -0.15) is 0 Å². The summed E-state index contributed by atoms with van der Waals surface area (Å²) < 4.78 is 10.2. The second kappa shape index (κ2) is 7.88. The number of ether oxygens (including phenoxy) is 2. The Kier molecular flexibility index (Phi) is 5.85. The summed E-state index contributed by atoms with van der Waals surface area (Å²) in [6, 6.07) is 3.80. The summed E-state index contributed by atoms with van der Waals surface area (Å²) in [5, 5.41) is 13.5. The highest BCUT2D eigenvalue weighted by Crippen LogP contribution is 2.29. The van der Waals surface area contributed by atoms with Crippen LogP contribution < -0.4 is 10.1 Å². The first-order chi connectivity index (χ1) is 9.85. The zero-order valence-electron chi connectivity index (χ0n) is 11.6. The van der Waals surface area contributed by atoms with Crippen molar-refractivity contribution in [3.8, 4) is 16.5 Å². The molecule has 2 heterocycles. The van der Waals surface area contributed by atoms with Gasteiger partial charge in [-0.05, 0) is 12.1 Å². The lowest BCUT2D eigenvalue weighted by Gasteiger charge is -2.02. The first kappa shape index (κ1) is 14.8. The maximum absolute atomic E-state index is 5.24. The number of nitrogens with zero attached hydrogens (tertiary/aromatic N) is 3. The molecule has 0 aliphatic rings. The molecule has 0 radical (unpaired) electrons. The van der Waals surface area contributed by atoms with Crippen LogP contribution in [0.5, 0.6) is 5.88 Å². The van der Waals surface area contributed by atoms with Crippen molar-refractivity contribution in [2.45, 2.75) is 6.42 Å². The molecule has 108 valence electrons. The average Bonchev–Trinajstić information content (AvgIpc) is 2.95. The number of rotatable bonds is 8. The van der Waals surface area contributed by atoms with Crippen LogP contribution in [0.1, 0.15) is 5.01 Å². The van der Waals surface area contributed by atoms with E-state index in [1.54, 1.807) is 31.8 Å². The third kappa shape index (κ3) is 3.96. The van der Waals surface area contributed by atoms with Crippen LogP contribution in [0.25, 0.3) is 10.6 Å². The van der Waals surface area contributed by atoms with Crippen LogP contribution in [0, 0.1) is 0 Å². The Morgan fingerprint density at radius 1 is 1.25 bits per heavy atom. The van der Waals surface area contributed by atoms with E-state index in [-0.39, 0.29) is 0 Å². The molecule has 6 nitrogen and oxygen atoms in total. The third-order valence-corrected chi connectivity index (χ3v) is 3.68. The van der Waals surface area contributed by atoms with Gasteiger partial charge in [0.15, 0.2) is 5.01 Å². The second-order valence-corrected chi connectivity index (χ2v) is 5.12. The molecule has 0 aliphatic carbocycles. The van der Waals surface area contributed by atoms with Crippen molar-refractivity contribution in [2.75, 3.05) is 33.9 Å². The molecule has 0 saturated heterocycles. The number of hydrogen-bond donors (Lipinski definition) is 1. The normalized spacial score (nSPS) is 10.7. The van der Waals surface area contributed by atoms with E-state index in [0.29, 0.717) is 12.5 Å². The molecule has 0 amide bonds. The number of nitrogens with one attached hydrogen (secondary N) is 1. The van der Waals surface area contributed by atoms with E-state index >= 15 is 0 Å². The molecule has 0 unspecified atom stereocenters. The summed E-state index contributed by atoms with van der Waals surface area (Å²) in [6.07, 6.45) is 2.55. The molecule has 0 aliphatic heterocycles. The molecule has 2 rings (SSSR count). The van der Waals surface area contributed by atoms with Gasteiger partial charge in [0.25, 0.3) is 0 Å². The molecule has 7 heteroatoms. The van der Waals surface area contributed by atoms with Gasteiger partial charge in [0, 0.05) is 32.8 Å². The number of hydrogen-bond acceptors (Lipinski definition) is 7. The van der Waals surface area contributed by atoms with Gasteiger partial charge in [-0.25, -0.2) is 4.98 Å². The van der Waals surface area contributed by atoms with E-state index in [2.05, 4.69) is 20.5 Å². The summed E-state index contributed by atoms with van der Waals surface area (Å²) in [6.45, 7) is 2.43. The number of aromatic nitrogens is 3. The molecule has 2 aromatic heterocycles. The summed E-state index contributed by atoms with van der Waals surface area (Å²) in [5.74, 6) is 0.577. The van der Waals surface area contributed by atoms with E-state index in [9.17, 15) is 0 Å². The summed E-state index contributed by atoms with van der Waals surface area (Å²) in [7, 11) is 3.30. The largest absolute Gasteiger partial charge is 0.480 e. The Bertz CT molecular complexity index is 533. The standard InChI is InChI=1S/C13H18N4O2S/c1-18-9-8-14-7-5-11-16-17-13(20-11)10-4-3-6-15-12(10)19-2/h3-4,6,14H,5,7-9H2,1-2H3. The minimum Gasteiger partial charge on any atom is -0.480 e. The van der Waals surface area contributed by atoms with Crippen LogP contribution in [-0.2, 0) is 11.2 Å². The average molecular weight is 294 g/mol. The number of methoxy groups -OCH3 is 2. The van der Waals surface area contributed by atoms with E-state index in [4.69, 9.17) is 9.47 Å². The summed E-state index contributed by atoms with van der Waals surface area (Å²) in [5.41, 5.74) is 0.881. The van der Waals surface area contributed by atoms with Crippen LogP contribution in [0.3, 0.4) is 0 Å². The van der Waals surface area contributed by atoms with Gasteiger partial charge in [0.2, 0.25) is 5.88 Å². The zero-order valence-corrected chi connectivity index (χ0v) is 12.4. The van der Waals surface area contributed by atoms with Gasteiger partial charge in [-0.15, -0.1) is 10.2 Å². The molecule has 0 saturated carbocycles. The monoisotopic (exact) mass is 294 g/mol. The smallest absolute Gasteiger partial charge is 0.223 e. The Hall–Kier alpha value is -1.57. The van der Waals surface area contributed by atoms with Crippen LogP contribution in [-0.4, -0.2) is 49.1 Å². The van der Waals surface area contributed by atoms with Crippen molar-refractivity contribution < 1.29 is 9.47 Å². The first-order valence-corrected chi connectivity index (χ1v) is 7.18. The van der Waals surface area contributed by atoms with Crippen LogP contribution in [0.2, 0.25) is 0 Å². The molecular formula is C13H18N4O2S. The van der Waals surface area contributed by atoms with Gasteiger partial charge in [0.1, 0.15) is 5.01 Å². The molecular weight excluding hydrogens is 276 g/mol. The lowest BCUT2D eigenvalue weighted by Crippen LogP contribution is -2.21. The fraction of sp³-hybridized carbons (Fsp3) is 0.462. The van der Waals surface area contributed by atoms with Crippen molar-refractivity contribution in [1.29, 1.82) is 0 Å². The lowest BCUT2D eigenvalue weighted by molar-refractivity contribution is 0.199. The highest BCUT2D eigenvalue weighted by Gasteiger charge is 2.11. The maximum Gasteiger partial charge on any atom is 0.223 e. The Labute approximate surface area is 122 Å². The van der Waals surface area contributed by atoms with E-state index in [0.717, 1.165) is 35.1 Å². The van der Waals surface area contributed by atoms with Crippen molar-refractivity contribution in [1.82, 2.24) is 20.5 Å². The van der Waals surface area contributed by atoms with Crippen molar-refractivity contribution in [2.24, 2.45) is 0 Å². The predicted molar refractivity (Wildman–Crippen MR) is 78.1 cm³/mol. The lowest BCUT2D eigenvalue weighted by atomic mass is 10.3. The Balaban J connectivity index is 1.95. The Morgan fingerprint density at radius 2 is 2.15 bits per heavy atom. The molecule has 2 aromatic rings. The fourth-order valence-electron chi connectivity index (χ4n) is 1.67. The minimum absolute atomic E-state index is 0.577. The highest BCUT2D eigenvalue weighted by molar-refractivity contribution is 7.14. The predicted octanol–water partition coefficient (Wildman–Crippen LogP) is 1.39. The van der Waals surface area contributed by atoms with Crippen LogP contribution in [0.4, 0.5) is 0 Å². The van der Waals surface area contributed by atoms with Crippen molar-refractivity contribution in [3.05, 3.63) is 23.3 Å². The molecule has 0 spiro atoms. The first-order valence-electron chi connectivity index (χ1n) is 6.36. The number of pyridine rings is 1. The topological polar surface area (TPSA) is 69.2 Å². The SMILES string of the molecule is COCCNCCc1nnc(-c2cccnc2OC)s1. The molecule has 0 bridgehead atoms. The molecule has 1 N–H and O–H groups in total. The van der Waals surface area contributed by atoms with Crippen LogP contribution >= 0.6 is 11.3 Å². The highest BCUT2D eigenvalue weighted by atomic mass is 32.1. The molecule has 0 atom stereocenters. The van der Waals surface area contributed by atoms with Gasteiger partial charge in [0.05, 0.1) is 19.3 Å². The quantitative estimate of drug-likeness (QED) is 0.742. The Morgan fingerprint density at radius 3 is 2.95 bits per heavy atom. The summed E-state index contributed by atoms with van der Waals surface area (Å²) in [4.78, 5) is 4.17. The van der Waals surface area contributed by atoms with Gasteiger partial charge in [-0.3, -0.25) is 0 Å². The zero-order chi connectivity index (χ0) is 14.2. The second-order valence-electron chi connectivity index (χ2n) is 4.05. The van der Waals surface area contributed by atoms with E-state index in [1.807, 2.05) is 12.1 Å². The minimum atomic E-state index is 0.577. The van der Waals surface area contributed by atoms with Crippen molar-refractivity contribution >= 4 is 11.3 Å².